The molecule has 94 valence electrons. The molecule has 0 fully saturated rings. The lowest BCUT2D eigenvalue weighted by Gasteiger charge is -2.08. The number of alkyl halides is 2. The first-order valence-electron chi connectivity index (χ1n) is 4.95. The first kappa shape index (κ1) is 14.9. The van der Waals surface area contributed by atoms with Gasteiger partial charge in [0.1, 0.15) is 5.75 Å². The van der Waals surface area contributed by atoms with Gasteiger partial charge in [-0.1, -0.05) is 37.9 Å². The number of carbonyl (C=O) groups excluding carboxylic acids is 1. The summed E-state index contributed by atoms with van der Waals surface area (Å²) in [5, 5.41) is 3.56. The summed E-state index contributed by atoms with van der Waals surface area (Å²) in [6.45, 7) is 0.598. The van der Waals surface area contributed by atoms with Gasteiger partial charge in [-0.2, -0.15) is 0 Å². The van der Waals surface area contributed by atoms with E-state index in [2.05, 4.69) is 37.2 Å². The number of carbonyl (C=O) groups is 1. The smallest absolute Gasteiger partial charge is 0.283 e. The summed E-state index contributed by atoms with van der Waals surface area (Å²) in [7, 11) is 1.61. The van der Waals surface area contributed by atoms with Crippen LogP contribution in [0.4, 0.5) is 4.79 Å². The number of benzene rings is 1. The van der Waals surface area contributed by atoms with E-state index in [1.807, 2.05) is 24.3 Å². The van der Waals surface area contributed by atoms with Gasteiger partial charge in [0.15, 0.2) is 0 Å². The van der Waals surface area contributed by atoms with Crippen LogP contribution in [0.15, 0.2) is 29.2 Å². The largest absolute Gasteiger partial charge is 0.497 e. The molecule has 1 unspecified atom stereocenters. The molecule has 3 nitrogen and oxygen atoms in total. The zero-order valence-corrected chi connectivity index (χ0v) is 13.3. The Kier molecular flexibility index (Phi) is 6.99. The van der Waals surface area contributed by atoms with Crippen molar-refractivity contribution in [3.63, 3.8) is 0 Å². The second-order valence-corrected chi connectivity index (χ2v) is 6.19. The van der Waals surface area contributed by atoms with E-state index in [4.69, 9.17) is 4.74 Å². The third-order valence-electron chi connectivity index (χ3n) is 1.89. The molecule has 1 rings (SSSR count). The lowest BCUT2D eigenvalue weighted by Crippen LogP contribution is -2.26. The van der Waals surface area contributed by atoms with E-state index in [-0.39, 0.29) is 10.1 Å². The lowest BCUT2D eigenvalue weighted by molar-refractivity contribution is 0.261. The maximum absolute atomic E-state index is 11.6. The third kappa shape index (κ3) is 5.79. The van der Waals surface area contributed by atoms with Gasteiger partial charge < -0.3 is 10.1 Å². The predicted molar refractivity (Wildman–Crippen MR) is 78.8 cm³/mol. The van der Waals surface area contributed by atoms with E-state index >= 15 is 0 Å². The number of thioether (sulfide) groups is 1. The molecule has 0 spiro atoms. The van der Waals surface area contributed by atoms with Crippen molar-refractivity contribution in [2.75, 3.05) is 19.0 Å². The quantitative estimate of drug-likeness (QED) is 0.623. The van der Waals surface area contributed by atoms with Crippen molar-refractivity contribution in [1.29, 1.82) is 0 Å². The van der Waals surface area contributed by atoms with Gasteiger partial charge in [-0.05, 0) is 30.0 Å². The van der Waals surface area contributed by atoms with Crippen LogP contribution in [-0.4, -0.2) is 29.1 Å². The van der Waals surface area contributed by atoms with Gasteiger partial charge in [0.25, 0.3) is 5.24 Å². The van der Waals surface area contributed by atoms with Gasteiger partial charge in [0.2, 0.25) is 0 Å². The molecular weight excluding hydrogens is 370 g/mol. The molecule has 17 heavy (non-hydrogen) atoms. The maximum Gasteiger partial charge on any atom is 0.283 e. The Morgan fingerprint density at radius 3 is 3.00 bits per heavy atom. The third-order valence-corrected chi connectivity index (χ3v) is 5.00. The average molecular weight is 383 g/mol. The normalized spacial score (nSPS) is 11.9. The highest BCUT2D eigenvalue weighted by molar-refractivity contribution is 9.12. The van der Waals surface area contributed by atoms with E-state index in [1.54, 1.807) is 7.11 Å². The van der Waals surface area contributed by atoms with Crippen LogP contribution in [-0.2, 0) is 0 Å². The summed E-state index contributed by atoms with van der Waals surface area (Å²) in [5.74, 6) is 0.752. The van der Waals surface area contributed by atoms with Crippen LogP contribution in [0.1, 0.15) is 0 Å². The maximum atomic E-state index is 11.6. The molecule has 0 saturated heterocycles. The number of rotatable bonds is 5. The predicted octanol–water partition coefficient (Wildman–Crippen LogP) is 3.66. The molecular formula is C11H13Br2NO2S. The standard InChI is InChI=1S/C11H13Br2NO2S/c1-16-9-3-2-4-10(5-9)17-11(15)14-7-8(13)6-12/h2-5,8H,6-7H2,1H3,(H,14,15). The highest BCUT2D eigenvalue weighted by atomic mass is 79.9. The van der Waals surface area contributed by atoms with Gasteiger partial charge in [0.05, 0.1) is 7.11 Å². The number of ether oxygens (including phenoxy) is 1. The van der Waals surface area contributed by atoms with E-state index in [0.717, 1.165) is 27.7 Å². The number of nitrogens with one attached hydrogen (secondary N) is 1. The monoisotopic (exact) mass is 381 g/mol. The van der Waals surface area contributed by atoms with Crippen LogP contribution in [0.3, 0.4) is 0 Å². The van der Waals surface area contributed by atoms with Crippen LogP contribution in [0.5, 0.6) is 5.75 Å². The minimum Gasteiger partial charge on any atom is -0.497 e. The van der Waals surface area contributed by atoms with Crippen molar-refractivity contribution in [3.8, 4) is 5.75 Å². The van der Waals surface area contributed by atoms with Crippen molar-refractivity contribution >= 4 is 48.9 Å². The Morgan fingerprint density at radius 1 is 1.59 bits per heavy atom. The Morgan fingerprint density at radius 2 is 2.35 bits per heavy atom. The molecule has 1 amide bonds. The number of halogens is 2. The van der Waals surface area contributed by atoms with Gasteiger partial charge >= 0.3 is 0 Å². The van der Waals surface area contributed by atoms with Crippen molar-refractivity contribution in [2.24, 2.45) is 0 Å². The topological polar surface area (TPSA) is 38.3 Å². The molecule has 0 aliphatic rings. The summed E-state index contributed by atoms with van der Waals surface area (Å²) in [6.07, 6.45) is 0. The summed E-state index contributed by atoms with van der Waals surface area (Å²) in [6, 6.07) is 7.42. The van der Waals surface area contributed by atoms with Crippen molar-refractivity contribution in [3.05, 3.63) is 24.3 Å². The highest BCUT2D eigenvalue weighted by Gasteiger charge is 2.07. The Balaban J connectivity index is 2.44. The van der Waals surface area contributed by atoms with Crippen molar-refractivity contribution in [2.45, 2.75) is 9.72 Å². The zero-order chi connectivity index (χ0) is 12.7. The van der Waals surface area contributed by atoms with Crippen LogP contribution in [0.25, 0.3) is 0 Å². The Hall–Kier alpha value is -0.200. The van der Waals surface area contributed by atoms with Crippen LogP contribution < -0.4 is 10.1 Å². The second kappa shape index (κ2) is 8.00. The molecule has 1 atom stereocenters. The number of methoxy groups -OCH3 is 1. The van der Waals surface area contributed by atoms with Gasteiger partial charge in [-0.3, -0.25) is 4.79 Å². The summed E-state index contributed by atoms with van der Waals surface area (Å²) >= 11 is 7.91. The van der Waals surface area contributed by atoms with E-state index in [9.17, 15) is 4.79 Å². The molecule has 6 heteroatoms. The Labute approximate surface area is 122 Å². The molecule has 0 aromatic heterocycles. The van der Waals surface area contributed by atoms with Crippen LogP contribution >= 0.6 is 43.6 Å². The average Bonchev–Trinajstić information content (AvgIpc) is 2.36. The molecule has 0 saturated carbocycles. The minimum absolute atomic E-state index is 0.0661. The SMILES string of the molecule is COc1cccc(SC(=O)NCC(Br)CBr)c1. The first-order chi connectivity index (χ1) is 8.15. The van der Waals surface area contributed by atoms with Crippen molar-refractivity contribution < 1.29 is 9.53 Å². The van der Waals surface area contributed by atoms with Gasteiger partial charge in [-0.15, -0.1) is 0 Å². The van der Waals surface area contributed by atoms with Crippen LogP contribution in [0.2, 0.25) is 0 Å². The molecule has 1 N–H and O–H groups in total. The minimum atomic E-state index is -0.0661. The Bertz CT molecular complexity index is 376. The fourth-order valence-corrected chi connectivity index (χ4v) is 2.14. The van der Waals surface area contributed by atoms with E-state index in [1.165, 1.54) is 0 Å². The molecule has 0 heterocycles. The summed E-state index contributed by atoms with van der Waals surface area (Å²) in [4.78, 5) is 12.7. The number of amides is 1. The van der Waals surface area contributed by atoms with E-state index < -0.39 is 0 Å². The highest BCUT2D eigenvalue weighted by Crippen LogP contribution is 2.23. The number of hydrogen-bond donors (Lipinski definition) is 1. The molecule has 0 bridgehead atoms. The molecule has 0 radical (unpaired) electrons. The van der Waals surface area contributed by atoms with Gasteiger partial charge in [-0.25, -0.2) is 0 Å². The van der Waals surface area contributed by atoms with Gasteiger partial charge in [0, 0.05) is 21.6 Å². The molecule has 0 aliphatic heterocycles. The molecule has 1 aromatic rings. The number of hydrogen-bond acceptors (Lipinski definition) is 3. The lowest BCUT2D eigenvalue weighted by atomic mass is 10.3. The van der Waals surface area contributed by atoms with Crippen LogP contribution in [0, 0.1) is 0 Å². The summed E-state index contributed by atoms with van der Waals surface area (Å²) in [5.41, 5.74) is 0. The first-order valence-corrected chi connectivity index (χ1v) is 7.81. The molecule has 1 aromatic carbocycles. The molecule has 0 aliphatic carbocycles. The van der Waals surface area contributed by atoms with Crippen molar-refractivity contribution in [1.82, 2.24) is 5.32 Å². The second-order valence-electron chi connectivity index (χ2n) is 3.20. The fraction of sp³-hybridized carbons (Fsp3) is 0.364. The zero-order valence-electron chi connectivity index (χ0n) is 9.28. The summed E-state index contributed by atoms with van der Waals surface area (Å²) < 4.78 is 5.09. The van der Waals surface area contributed by atoms with E-state index in [0.29, 0.717) is 6.54 Å². The fourth-order valence-electron chi connectivity index (χ4n) is 1.06.